The molecule has 0 bridgehead atoms. The zero-order valence-corrected chi connectivity index (χ0v) is 12.2. The fourth-order valence-corrected chi connectivity index (χ4v) is 2.10. The molecule has 0 aliphatic rings. The minimum absolute atomic E-state index is 0.124. The van der Waals surface area contributed by atoms with Gasteiger partial charge in [0.2, 0.25) is 0 Å². The topological polar surface area (TPSA) is 44.5 Å². The Balaban J connectivity index is 3.05. The van der Waals surface area contributed by atoms with Crippen molar-refractivity contribution in [3.05, 3.63) is 22.2 Å². The van der Waals surface area contributed by atoms with Gasteiger partial charge in [0.25, 0.3) is 0 Å². The van der Waals surface area contributed by atoms with Gasteiger partial charge in [0.05, 0.1) is 13.2 Å². The zero-order chi connectivity index (χ0) is 12.8. The number of hydrogen-bond donors (Lipinski definition) is 1. The first kappa shape index (κ1) is 14.3. The van der Waals surface area contributed by atoms with Crippen molar-refractivity contribution in [1.29, 1.82) is 0 Å². The monoisotopic (exact) mass is 301 g/mol. The third-order valence-electron chi connectivity index (χ3n) is 2.25. The summed E-state index contributed by atoms with van der Waals surface area (Å²) < 4.78 is 12.1. The Morgan fingerprint density at radius 3 is 2.18 bits per heavy atom. The molecule has 1 rings (SSSR count). The second-order valence-electron chi connectivity index (χ2n) is 3.94. The molecule has 96 valence electrons. The summed E-state index contributed by atoms with van der Waals surface area (Å²) in [5.74, 6) is 1.56. The van der Waals surface area contributed by atoms with E-state index in [1.54, 1.807) is 0 Å². The minimum Gasteiger partial charge on any atom is -0.490 e. The van der Waals surface area contributed by atoms with E-state index in [1.807, 2.05) is 32.9 Å². The summed E-state index contributed by atoms with van der Waals surface area (Å²) in [7, 11) is 0. The molecule has 0 aliphatic carbocycles. The van der Waals surface area contributed by atoms with E-state index in [0.717, 1.165) is 28.0 Å². The van der Waals surface area contributed by atoms with Crippen LogP contribution in [-0.4, -0.2) is 19.3 Å². The summed E-state index contributed by atoms with van der Waals surface area (Å²) in [6.07, 6.45) is 0.813. The first-order valence-corrected chi connectivity index (χ1v) is 6.71. The molecular formula is C13H20BrNO2. The van der Waals surface area contributed by atoms with Crippen molar-refractivity contribution in [1.82, 2.24) is 0 Å². The van der Waals surface area contributed by atoms with E-state index in [4.69, 9.17) is 15.2 Å². The molecular weight excluding hydrogens is 282 g/mol. The van der Waals surface area contributed by atoms with Crippen molar-refractivity contribution in [2.75, 3.05) is 13.2 Å². The van der Waals surface area contributed by atoms with Crippen LogP contribution in [0.15, 0.2) is 16.6 Å². The minimum atomic E-state index is 0.124. The summed E-state index contributed by atoms with van der Waals surface area (Å²) in [4.78, 5) is 0. The second kappa shape index (κ2) is 6.87. The molecule has 1 aromatic carbocycles. The van der Waals surface area contributed by atoms with Crippen LogP contribution in [0.5, 0.6) is 11.5 Å². The van der Waals surface area contributed by atoms with Crippen molar-refractivity contribution in [3.63, 3.8) is 0 Å². The van der Waals surface area contributed by atoms with E-state index >= 15 is 0 Å². The molecule has 17 heavy (non-hydrogen) atoms. The quantitative estimate of drug-likeness (QED) is 0.878. The predicted octanol–water partition coefficient (Wildman–Crippen LogP) is 3.14. The van der Waals surface area contributed by atoms with Crippen LogP contribution in [-0.2, 0) is 6.42 Å². The summed E-state index contributed by atoms with van der Waals surface area (Å²) in [5, 5.41) is 0. The van der Waals surface area contributed by atoms with E-state index in [2.05, 4.69) is 15.9 Å². The van der Waals surface area contributed by atoms with Crippen molar-refractivity contribution < 1.29 is 9.47 Å². The summed E-state index contributed by atoms with van der Waals surface area (Å²) in [5.41, 5.74) is 6.97. The maximum atomic E-state index is 5.82. The highest BCUT2D eigenvalue weighted by Crippen LogP contribution is 2.34. The smallest absolute Gasteiger partial charge is 0.162 e. The van der Waals surface area contributed by atoms with Crippen LogP contribution in [0.25, 0.3) is 0 Å². The fraction of sp³-hybridized carbons (Fsp3) is 0.538. The number of benzene rings is 1. The van der Waals surface area contributed by atoms with Gasteiger partial charge in [0.1, 0.15) is 0 Å². The molecule has 0 aromatic heterocycles. The van der Waals surface area contributed by atoms with Crippen molar-refractivity contribution >= 4 is 15.9 Å². The normalized spacial score (nSPS) is 12.3. The Hall–Kier alpha value is -0.740. The molecule has 1 aromatic rings. The molecule has 0 heterocycles. The van der Waals surface area contributed by atoms with Gasteiger partial charge in [-0.05, 0) is 44.9 Å². The maximum absolute atomic E-state index is 5.82. The molecule has 0 radical (unpaired) electrons. The Morgan fingerprint density at radius 2 is 1.71 bits per heavy atom. The van der Waals surface area contributed by atoms with Gasteiger partial charge >= 0.3 is 0 Å². The van der Waals surface area contributed by atoms with E-state index < -0.39 is 0 Å². The lowest BCUT2D eigenvalue weighted by molar-refractivity contribution is 0.287. The van der Waals surface area contributed by atoms with Crippen molar-refractivity contribution in [2.45, 2.75) is 33.2 Å². The van der Waals surface area contributed by atoms with Crippen LogP contribution >= 0.6 is 15.9 Å². The highest BCUT2D eigenvalue weighted by Gasteiger charge is 2.11. The number of nitrogens with two attached hydrogens (primary N) is 1. The van der Waals surface area contributed by atoms with Gasteiger partial charge in [0, 0.05) is 10.5 Å². The second-order valence-corrected chi connectivity index (χ2v) is 4.79. The maximum Gasteiger partial charge on any atom is 0.162 e. The summed E-state index contributed by atoms with van der Waals surface area (Å²) in [6.45, 7) is 7.16. The molecule has 0 spiro atoms. The Labute approximate surface area is 111 Å². The van der Waals surface area contributed by atoms with Crippen LogP contribution in [0, 0.1) is 0 Å². The predicted molar refractivity (Wildman–Crippen MR) is 73.8 cm³/mol. The van der Waals surface area contributed by atoms with E-state index in [9.17, 15) is 0 Å². The van der Waals surface area contributed by atoms with Gasteiger partial charge in [-0.15, -0.1) is 0 Å². The number of ether oxygens (including phenoxy) is 2. The number of rotatable bonds is 6. The average molecular weight is 302 g/mol. The van der Waals surface area contributed by atoms with Gasteiger partial charge in [-0.3, -0.25) is 0 Å². The van der Waals surface area contributed by atoms with Crippen LogP contribution in [0.3, 0.4) is 0 Å². The number of halogens is 1. The lowest BCUT2D eigenvalue weighted by Gasteiger charge is -2.15. The first-order chi connectivity index (χ1) is 8.08. The van der Waals surface area contributed by atoms with E-state index in [-0.39, 0.29) is 6.04 Å². The van der Waals surface area contributed by atoms with Crippen LogP contribution in [0.2, 0.25) is 0 Å². The first-order valence-electron chi connectivity index (χ1n) is 5.92. The Kier molecular flexibility index (Phi) is 5.78. The van der Waals surface area contributed by atoms with Crippen molar-refractivity contribution in [3.8, 4) is 11.5 Å². The van der Waals surface area contributed by atoms with Crippen LogP contribution in [0.4, 0.5) is 0 Å². The molecule has 3 nitrogen and oxygen atoms in total. The average Bonchev–Trinajstić information content (AvgIpc) is 2.24. The van der Waals surface area contributed by atoms with Crippen LogP contribution in [0.1, 0.15) is 26.3 Å². The largest absolute Gasteiger partial charge is 0.490 e. The fourth-order valence-electron chi connectivity index (χ4n) is 1.62. The third-order valence-corrected chi connectivity index (χ3v) is 2.99. The molecule has 0 saturated carbocycles. The highest BCUT2D eigenvalue weighted by atomic mass is 79.9. The molecule has 1 atom stereocenters. The van der Waals surface area contributed by atoms with Crippen LogP contribution < -0.4 is 15.2 Å². The van der Waals surface area contributed by atoms with Gasteiger partial charge in [-0.1, -0.05) is 15.9 Å². The molecule has 1 unspecified atom stereocenters. The van der Waals surface area contributed by atoms with Gasteiger partial charge < -0.3 is 15.2 Å². The number of hydrogen-bond acceptors (Lipinski definition) is 3. The standard InChI is InChI=1S/C13H20BrNO2/c1-4-16-12-7-10(6-9(3)15)11(14)8-13(12)17-5-2/h7-9H,4-6,15H2,1-3H3. The summed E-state index contributed by atoms with van der Waals surface area (Å²) in [6, 6.07) is 4.08. The Morgan fingerprint density at radius 1 is 1.18 bits per heavy atom. The summed E-state index contributed by atoms with van der Waals surface area (Å²) >= 11 is 3.54. The van der Waals surface area contributed by atoms with E-state index in [0.29, 0.717) is 13.2 Å². The van der Waals surface area contributed by atoms with Gasteiger partial charge in [-0.2, -0.15) is 0 Å². The highest BCUT2D eigenvalue weighted by molar-refractivity contribution is 9.10. The molecule has 0 aliphatic heterocycles. The Bertz CT molecular complexity index is 367. The van der Waals surface area contributed by atoms with E-state index in [1.165, 1.54) is 0 Å². The molecule has 2 N–H and O–H groups in total. The molecule has 4 heteroatoms. The molecule has 0 fully saturated rings. The lowest BCUT2D eigenvalue weighted by atomic mass is 10.1. The lowest BCUT2D eigenvalue weighted by Crippen LogP contribution is -2.18. The van der Waals surface area contributed by atoms with Gasteiger partial charge in [-0.25, -0.2) is 0 Å². The van der Waals surface area contributed by atoms with Crippen molar-refractivity contribution in [2.24, 2.45) is 5.73 Å². The SMILES string of the molecule is CCOc1cc(Br)c(CC(C)N)cc1OCC. The van der Waals surface area contributed by atoms with Gasteiger partial charge in [0.15, 0.2) is 11.5 Å². The zero-order valence-electron chi connectivity index (χ0n) is 10.6. The molecule has 0 amide bonds. The third kappa shape index (κ3) is 4.21. The molecule has 0 saturated heterocycles.